The van der Waals surface area contributed by atoms with Crippen molar-refractivity contribution in [2.45, 2.75) is 37.8 Å². The fourth-order valence-corrected chi connectivity index (χ4v) is 4.34. The zero-order valence-electron chi connectivity index (χ0n) is 12.2. The predicted octanol–water partition coefficient (Wildman–Crippen LogP) is 2.42. The molecule has 1 aromatic heterocycles. The molecule has 0 fully saturated rings. The van der Waals surface area contributed by atoms with E-state index in [-0.39, 0.29) is 10.9 Å². The third-order valence-corrected chi connectivity index (χ3v) is 5.76. The zero-order valence-corrected chi connectivity index (χ0v) is 13.8. The van der Waals surface area contributed by atoms with Gasteiger partial charge < -0.3 is 5.73 Å². The van der Waals surface area contributed by atoms with Crippen LogP contribution in [-0.2, 0) is 23.0 Å². The molecule has 0 saturated heterocycles. The van der Waals surface area contributed by atoms with Crippen LogP contribution in [0.5, 0.6) is 0 Å². The molecule has 114 valence electrons. The highest BCUT2D eigenvalue weighted by molar-refractivity contribution is 7.89. The molecule has 2 rings (SSSR count). The monoisotopic (exact) mass is 324 g/mol. The molecule has 0 aliphatic rings. The average molecular weight is 324 g/mol. The van der Waals surface area contributed by atoms with E-state index in [0.717, 1.165) is 5.56 Å². The zero-order chi connectivity index (χ0) is 15.5. The third kappa shape index (κ3) is 4.38. The number of rotatable bonds is 6. The lowest BCUT2D eigenvalue weighted by Crippen LogP contribution is -2.33. The minimum atomic E-state index is -3.48. The molecule has 0 amide bonds. The maximum absolute atomic E-state index is 12.3. The minimum absolute atomic E-state index is 0.151. The highest BCUT2D eigenvalue weighted by Gasteiger charge is 2.17. The van der Waals surface area contributed by atoms with E-state index in [1.54, 1.807) is 35.6 Å². The summed E-state index contributed by atoms with van der Waals surface area (Å²) in [6, 6.07) is 10.6. The Morgan fingerprint density at radius 1 is 1.19 bits per heavy atom. The first-order valence-corrected chi connectivity index (χ1v) is 9.07. The molecule has 4 nitrogen and oxygen atoms in total. The van der Waals surface area contributed by atoms with E-state index in [4.69, 9.17) is 5.73 Å². The summed E-state index contributed by atoms with van der Waals surface area (Å²) in [7, 11) is -3.48. The molecule has 21 heavy (non-hydrogen) atoms. The maximum Gasteiger partial charge on any atom is 0.240 e. The molecule has 0 saturated carbocycles. The minimum Gasteiger partial charge on any atom is -0.326 e. The molecule has 1 heterocycles. The van der Waals surface area contributed by atoms with Gasteiger partial charge in [0.2, 0.25) is 10.0 Å². The number of benzene rings is 1. The molecule has 2 aromatic rings. The van der Waals surface area contributed by atoms with Crippen LogP contribution < -0.4 is 10.5 Å². The van der Waals surface area contributed by atoms with Crippen molar-refractivity contribution in [1.29, 1.82) is 0 Å². The SMILES string of the molecule is Cc1ccc(CC(C)NS(=O)(=O)c2ccc(CN)cc2)s1. The molecule has 1 aromatic carbocycles. The first kappa shape index (κ1) is 16.2. The standard InChI is InChI=1S/C15H20N2O2S2/c1-11(9-14-6-3-12(2)20-14)17-21(18,19)15-7-4-13(10-16)5-8-15/h3-8,11,17H,9-10,16H2,1-2H3. The lowest BCUT2D eigenvalue weighted by atomic mass is 10.2. The molecule has 3 N–H and O–H groups in total. The molecule has 0 aliphatic heterocycles. The molecular formula is C15H20N2O2S2. The first-order chi connectivity index (χ1) is 9.90. The second-order valence-electron chi connectivity index (χ2n) is 5.09. The van der Waals surface area contributed by atoms with Crippen LogP contribution >= 0.6 is 11.3 Å². The Balaban J connectivity index is 2.05. The normalized spacial score (nSPS) is 13.3. The highest BCUT2D eigenvalue weighted by Crippen LogP contribution is 2.18. The van der Waals surface area contributed by atoms with Crippen molar-refractivity contribution in [2.24, 2.45) is 5.73 Å². The Morgan fingerprint density at radius 2 is 1.86 bits per heavy atom. The van der Waals surface area contributed by atoms with Crippen LogP contribution in [0.15, 0.2) is 41.3 Å². The smallest absolute Gasteiger partial charge is 0.240 e. The largest absolute Gasteiger partial charge is 0.326 e. The number of aryl methyl sites for hydroxylation is 1. The van der Waals surface area contributed by atoms with E-state index in [1.807, 2.05) is 26.0 Å². The Morgan fingerprint density at radius 3 is 2.38 bits per heavy atom. The number of hydrogen-bond donors (Lipinski definition) is 2. The third-order valence-electron chi connectivity index (χ3n) is 3.13. The summed E-state index contributed by atoms with van der Waals surface area (Å²) in [5, 5.41) is 0. The van der Waals surface area contributed by atoms with Gasteiger partial charge in [0.1, 0.15) is 0 Å². The summed E-state index contributed by atoms with van der Waals surface area (Å²) in [6.07, 6.45) is 0.693. The summed E-state index contributed by atoms with van der Waals surface area (Å²) >= 11 is 1.69. The molecule has 1 atom stereocenters. The van der Waals surface area contributed by atoms with Crippen molar-refractivity contribution in [3.05, 3.63) is 51.7 Å². The van der Waals surface area contributed by atoms with Gasteiger partial charge >= 0.3 is 0 Å². The van der Waals surface area contributed by atoms with Gasteiger partial charge in [0.25, 0.3) is 0 Å². The first-order valence-electron chi connectivity index (χ1n) is 6.77. The molecule has 0 bridgehead atoms. The highest BCUT2D eigenvalue weighted by atomic mass is 32.2. The Hall–Kier alpha value is -1.21. The van der Waals surface area contributed by atoms with Gasteiger partial charge in [-0.1, -0.05) is 12.1 Å². The van der Waals surface area contributed by atoms with E-state index < -0.39 is 10.0 Å². The lowest BCUT2D eigenvalue weighted by Gasteiger charge is -2.13. The van der Waals surface area contributed by atoms with Crippen molar-refractivity contribution < 1.29 is 8.42 Å². The number of thiophene rings is 1. The number of sulfonamides is 1. The average Bonchev–Trinajstić information content (AvgIpc) is 2.83. The van der Waals surface area contributed by atoms with Crippen LogP contribution in [-0.4, -0.2) is 14.5 Å². The Kier molecular flexibility index (Phi) is 5.16. The fourth-order valence-electron chi connectivity index (χ4n) is 2.08. The van der Waals surface area contributed by atoms with Crippen molar-refractivity contribution in [3.8, 4) is 0 Å². The van der Waals surface area contributed by atoms with Crippen LogP contribution in [0.25, 0.3) is 0 Å². The second-order valence-corrected chi connectivity index (χ2v) is 8.17. The van der Waals surface area contributed by atoms with Gasteiger partial charge in [0, 0.05) is 22.3 Å². The quantitative estimate of drug-likeness (QED) is 0.857. The topological polar surface area (TPSA) is 72.2 Å². The molecule has 6 heteroatoms. The Labute approximate surface area is 130 Å². The molecule has 0 aliphatic carbocycles. The van der Waals surface area contributed by atoms with Crippen molar-refractivity contribution in [3.63, 3.8) is 0 Å². The number of nitrogens with two attached hydrogens (primary N) is 1. The van der Waals surface area contributed by atoms with Crippen molar-refractivity contribution in [2.75, 3.05) is 0 Å². The van der Waals surface area contributed by atoms with Crippen LogP contribution in [0.3, 0.4) is 0 Å². The fraction of sp³-hybridized carbons (Fsp3) is 0.333. The summed E-state index contributed by atoms with van der Waals surface area (Å²) in [6.45, 7) is 4.32. The van der Waals surface area contributed by atoms with Gasteiger partial charge in [0.05, 0.1) is 4.90 Å². The van der Waals surface area contributed by atoms with Crippen molar-refractivity contribution in [1.82, 2.24) is 4.72 Å². The summed E-state index contributed by atoms with van der Waals surface area (Å²) in [5.74, 6) is 0. The van der Waals surface area contributed by atoms with E-state index in [2.05, 4.69) is 4.72 Å². The molecule has 0 radical (unpaired) electrons. The summed E-state index contributed by atoms with van der Waals surface area (Å²) in [4.78, 5) is 2.69. The number of hydrogen-bond acceptors (Lipinski definition) is 4. The summed E-state index contributed by atoms with van der Waals surface area (Å²) in [5.41, 5.74) is 6.43. The maximum atomic E-state index is 12.3. The van der Waals surface area contributed by atoms with E-state index in [0.29, 0.717) is 13.0 Å². The molecule has 0 spiro atoms. The van der Waals surface area contributed by atoms with Crippen molar-refractivity contribution >= 4 is 21.4 Å². The van der Waals surface area contributed by atoms with Gasteiger partial charge in [-0.2, -0.15) is 0 Å². The van der Waals surface area contributed by atoms with Crippen LogP contribution in [0.1, 0.15) is 22.2 Å². The lowest BCUT2D eigenvalue weighted by molar-refractivity contribution is 0.560. The van der Waals surface area contributed by atoms with Gasteiger partial charge in [-0.3, -0.25) is 0 Å². The van der Waals surface area contributed by atoms with Crippen LogP contribution in [0.2, 0.25) is 0 Å². The Bertz CT molecular complexity index is 691. The van der Waals surface area contributed by atoms with Gasteiger partial charge in [-0.25, -0.2) is 13.1 Å². The van der Waals surface area contributed by atoms with Crippen LogP contribution in [0, 0.1) is 6.92 Å². The van der Waals surface area contributed by atoms with E-state index in [1.165, 1.54) is 9.75 Å². The summed E-state index contributed by atoms with van der Waals surface area (Å²) < 4.78 is 27.3. The number of nitrogens with one attached hydrogen (secondary N) is 1. The molecule has 1 unspecified atom stereocenters. The van der Waals surface area contributed by atoms with Crippen LogP contribution in [0.4, 0.5) is 0 Å². The molecular weight excluding hydrogens is 304 g/mol. The van der Waals surface area contributed by atoms with E-state index in [9.17, 15) is 8.42 Å². The van der Waals surface area contributed by atoms with Gasteiger partial charge in [-0.15, -0.1) is 11.3 Å². The van der Waals surface area contributed by atoms with E-state index >= 15 is 0 Å². The predicted molar refractivity (Wildman–Crippen MR) is 86.9 cm³/mol. The van der Waals surface area contributed by atoms with Gasteiger partial charge in [-0.05, 0) is 50.1 Å². The van der Waals surface area contributed by atoms with Gasteiger partial charge in [0.15, 0.2) is 0 Å². The second kappa shape index (κ2) is 6.70.